The molecule has 0 unspecified atom stereocenters. The van der Waals surface area contributed by atoms with Gasteiger partial charge in [-0.25, -0.2) is 0 Å². The van der Waals surface area contributed by atoms with Gasteiger partial charge < -0.3 is 21.9 Å². The van der Waals surface area contributed by atoms with Crippen molar-refractivity contribution in [3.8, 4) is 11.5 Å². The lowest BCUT2D eigenvalue weighted by Gasteiger charge is -2.14. The summed E-state index contributed by atoms with van der Waals surface area (Å²) in [7, 11) is 0. The molecule has 0 aliphatic carbocycles. The Labute approximate surface area is 275 Å². The Hall–Kier alpha value is -7.01. The maximum absolute atomic E-state index is 12.8. The summed E-state index contributed by atoms with van der Waals surface area (Å²) in [6.07, 6.45) is 5.90. The van der Waals surface area contributed by atoms with Crippen LogP contribution in [0.4, 0.5) is 11.9 Å². The fourth-order valence-electron chi connectivity index (χ4n) is 4.70. The maximum atomic E-state index is 12.8. The minimum absolute atomic E-state index is 0.0338. The van der Waals surface area contributed by atoms with Crippen LogP contribution >= 0.6 is 12.2 Å². The molecule has 2 heterocycles. The fourth-order valence-corrected chi connectivity index (χ4v) is 4.80. The maximum Gasteiger partial charge on any atom is 0.299 e. The third-order valence-electron chi connectivity index (χ3n) is 7.12. The fraction of sp³-hybridized carbons (Fsp3) is 0. The molecule has 17 heteroatoms. The van der Waals surface area contributed by atoms with E-state index in [1.807, 2.05) is 48.5 Å². The molecule has 16 nitrogen and oxygen atoms in total. The number of benzene rings is 4. The summed E-state index contributed by atoms with van der Waals surface area (Å²) in [6.45, 7) is 0. The zero-order valence-corrected chi connectivity index (χ0v) is 25.5. The summed E-state index contributed by atoms with van der Waals surface area (Å²) >= 11 is 5.18. The second kappa shape index (κ2) is 13.2. The van der Waals surface area contributed by atoms with E-state index < -0.39 is 11.1 Å². The van der Waals surface area contributed by atoms with E-state index in [-0.39, 0.29) is 39.9 Å². The Balaban J connectivity index is 1.08. The molecule has 0 atom stereocenters. The number of phenolic OH excluding ortho intramolecular Hbond substituents is 2. The average Bonchev–Trinajstić information content (AvgIpc) is 3.10. The second-order valence-electron chi connectivity index (χ2n) is 10.1. The zero-order valence-electron chi connectivity index (χ0n) is 24.7. The first-order valence-corrected chi connectivity index (χ1v) is 14.5. The molecule has 0 radical (unpaired) electrons. The van der Waals surface area contributed by atoms with Gasteiger partial charge in [-0.1, -0.05) is 60.7 Å². The summed E-state index contributed by atoms with van der Waals surface area (Å²) in [5.74, 6) is 11.5. The summed E-state index contributed by atoms with van der Waals surface area (Å²) in [6, 6.07) is 21.6. The van der Waals surface area contributed by atoms with Gasteiger partial charge in [0, 0.05) is 11.1 Å². The highest BCUT2D eigenvalue weighted by atomic mass is 32.1. The van der Waals surface area contributed by atoms with Gasteiger partial charge in [-0.2, -0.15) is 9.35 Å². The first-order chi connectivity index (χ1) is 23.2. The van der Waals surface area contributed by atoms with Crippen molar-refractivity contribution in [2.24, 2.45) is 0 Å². The lowest BCUT2D eigenvalue weighted by Crippen LogP contribution is -2.46. The number of thiocarbonyl (C=S) groups is 1. The molecule has 0 amide bonds. The van der Waals surface area contributed by atoms with Gasteiger partial charge >= 0.3 is 0 Å². The average molecular weight is 663 g/mol. The molecular formula is C31H26N12O4S. The largest absolute Gasteiger partial charge is 0.507 e. The Morgan fingerprint density at radius 1 is 0.625 bits per heavy atom. The molecule has 0 aliphatic rings. The standard InChI is InChI=1S/C31H26N12O4S/c32-42-27(46)23(13-11-21-19-7-3-1-5-17(19)9-15-25(21)44)34-36-29(42)38-40-31(48)41-39-30-37-35-24(28(47)43(30)33)14-12-22-20-8-4-2-6-18(20)10-16-26(22)45/h1-16,44-45H,32-33H2,(H,36,38)(H,37,39)(H2,40,41,48)/b13-11+,14-12+. The smallest absolute Gasteiger partial charge is 0.299 e. The predicted octanol–water partition coefficient (Wildman–Crippen LogP) is 1.89. The number of hydrogen-bond acceptors (Lipinski definition) is 13. The van der Waals surface area contributed by atoms with Crippen LogP contribution in [0.2, 0.25) is 0 Å². The number of hydrogen-bond donors (Lipinski definition) is 8. The van der Waals surface area contributed by atoms with E-state index in [9.17, 15) is 19.8 Å². The highest BCUT2D eigenvalue weighted by Crippen LogP contribution is 2.29. The van der Waals surface area contributed by atoms with Crippen molar-refractivity contribution in [1.82, 2.24) is 40.6 Å². The highest BCUT2D eigenvalue weighted by Gasteiger charge is 2.12. The predicted molar refractivity (Wildman–Crippen MR) is 188 cm³/mol. The number of aromatic nitrogens is 6. The minimum Gasteiger partial charge on any atom is -0.507 e. The van der Waals surface area contributed by atoms with E-state index in [2.05, 4.69) is 42.1 Å². The van der Waals surface area contributed by atoms with Crippen LogP contribution in [-0.2, 0) is 0 Å². The second-order valence-corrected chi connectivity index (χ2v) is 10.5. The number of hydrazine groups is 2. The number of nitrogens with two attached hydrogens (primary N) is 2. The van der Waals surface area contributed by atoms with E-state index in [0.717, 1.165) is 21.5 Å². The van der Waals surface area contributed by atoms with Crippen LogP contribution in [0.15, 0.2) is 82.4 Å². The van der Waals surface area contributed by atoms with Gasteiger partial charge in [0.05, 0.1) is 0 Å². The summed E-state index contributed by atoms with van der Waals surface area (Å²) in [5, 5.41) is 39.6. The lowest BCUT2D eigenvalue weighted by molar-refractivity contribution is 0.474. The number of fused-ring (bicyclic) bond motifs is 2. The molecule has 2 aromatic heterocycles. The third-order valence-corrected chi connectivity index (χ3v) is 7.33. The molecule has 0 aliphatic heterocycles. The van der Waals surface area contributed by atoms with E-state index in [1.54, 1.807) is 36.4 Å². The van der Waals surface area contributed by atoms with Gasteiger partial charge in [0.25, 0.3) is 23.0 Å². The highest BCUT2D eigenvalue weighted by molar-refractivity contribution is 7.80. The van der Waals surface area contributed by atoms with Crippen molar-refractivity contribution in [2.45, 2.75) is 0 Å². The Kier molecular flexibility index (Phi) is 8.49. The first kappa shape index (κ1) is 31.0. The van der Waals surface area contributed by atoms with Gasteiger partial charge in [-0.05, 0) is 70.2 Å². The number of nitrogen functional groups attached to an aromatic ring is 2. The van der Waals surface area contributed by atoms with Gasteiger partial charge in [-0.3, -0.25) is 31.3 Å². The SMILES string of the molecule is Nn1c(NNC(=S)NNc2nnc(/C=C/c3c(O)ccc4ccccc34)c(=O)n2N)nnc(/C=C/c2c(O)ccc3ccccc23)c1=O. The Morgan fingerprint density at radius 3 is 1.48 bits per heavy atom. The molecule has 0 spiro atoms. The number of rotatable bonds is 8. The molecule has 6 aromatic rings. The number of nitrogens with zero attached hydrogens (tertiary/aromatic N) is 6. The van der Waals surface area contributed by atoms with Crippen molar-refractivity contribution < 1.29 is 10.2 Å². The molecule has 4 aromatic carbocycles. The lowest BCUT2D eigenvalue weighted by atomic mass is 10.0. The number of nitrogens with one attached hydrogen (secondary N) is 4. The number of phenols is 2. The van der Waals surface area contributed by atoms with E-state index in [4.69, 9.17) is 23.9 Å². The number of aromatic hydroxyl groups is 2. The van der Waals surface area contributed by atoms with Crippen LogP contribution in [-0.4, -0.2) is 45.1 Å². The molecule has 0 bridgehead atoms. The molecule has 0 fully saturated rings. The van der Waals surface area contributed by atoms with Crippen molar-refractivity contribution >= 4 is 75.1 Å². The number of anilines is 2. The van der Waals surface area contributed by atoms with Crippen molar-refractivity contribution in [2.75, 3.05) is 22.5 Å². The summed E-state index contributed by atoms with van der Waals surface area (Å²) in [4.78, 5) is 25.7. The Morgan fingerprint density at radius 2 is 1.04 bits per heavy atom. The van der Waals surface area contributed by atoms with Crippen LogP contribution in [0.1, 0.15) is 22.5 Å². The van der Waals surface area contributed by atoms with Gasteiger partial charge in [0.2, 0.25) is 5.11 Å². The molecular weight excluding hydrogens is 636 g/mol. The quantitative estimate of drug-likeness (QED) is 0.0660. The van der Waals surface area contributed by atoms with E-state index in [0.29, 0.717) is 20.5 Å². The molecule has 0 saturated heterocycles. The topological polar surface area (TPSA) is 236 Å². The minimum atomic E-state index is -0.686. The van der Waals surface area contributed by atoms with Gasteiger partial charge in [0.15, 0.2) is 11.4 Å². The summed E-state index contributed by atoms with van der Waals surface area (Å²) < 4.78 is 1.43. The van der Waals surface area contributed by atoms with Crippen LogP contribution in [0.25, 0.3) is 45.8 Å². The van der Waals surface area contributed by atoms with Crippen LogP contribution in [0, 0.1) is 0 Å². The van der Waals surface area contributed by atoms with Crippen LogP contribution < -0.4 is 44.5 Å². The molecule has 6 rings (SSSR count). The van der Waals surface area contributed by atoms with Crippen molar-refractivity contribution in [3.05, 3.63) is 116 Å². The van der Waals surface area contributed by atoms with Gasteiger partial charge in [-0.15, -0.1) is 20.4 Å². The van der Waals surface area contributed by atoms with Gasteiger partial charge in [0.1, 0.15) is 11.5 Å². The van der Waals surface area contributed by atoms with Crippen molar-refractivity contribution in [3.63, 3.8) is 0 Å². The molecule has 0 saturated carbocycles. The van der Waals surface area contributed by atoms with E-state index in [1.165, 1.54) is 12.2 Å². The normalized spacial score (nSPS) is 11.3. The first-order valence-electron chi connectivity index (χ1n) is 14.1. The Bertz CT molecular complexity index is 2220. The zero-order chi connectivity index (χ0) is 33.8. The molecule has 10 N–H and O–H groups in total. The third kappa shape index (κ3) is 6.24. The summed E-state index contributed by atoms with van der Waals surface area (Å²) in [5.41, 5.74) is 9.68. The molecule has 48 heavy (non-hydrogen) atoms. The van der Waals surface area contributed by atoms with E-state index >= 15 is 0 Å². The van der Waals surface area contributed by atoms with Crippen LogP contribution in [0.5, 0.6) is 11.5 Å². The molecule has 240 valence electrons. The van der Waals surface area contributed by atoms with Crippen LogP contribution in [0.3, 0.4) is 0 Å². The van der Waals surface area contributed by atoms with Crippen molar-refractivity contribution in [1.29, 1.82) is 0 Å². The monoisotopic (exact) mass is 662 g/mol.